The first kappa shape index (κ1) is 25.6. The van der Waals surface area contributed by atoms with Gasteiger partial charge >= 0.3 is 0 Å². The monoisotopic (exact) mass is 502 g/mol. The average Bonchev–Trinajstić information content (AvgIpc) is 3.17. The summed E-state index contributed by atoms with van der Waals surface area (Å²) in [5, 5.41) is 11.6. The van der Waals surface area contributed by atoms with Crippen LogP contribution in [0.15, 0.2) is 72.3 Å². The van der Waals surface area contributed by atoms with Gasteiger partial charge in [-0.25, -0.2) is 0 Å². The SMILES string of the molecule is COc1ccccc1CN1C(=O)C(=O)/C(=C(/O)c2c(OC)cccc2OC)C1c1ccc(N(C)C)cc1. The van der Waals surface area contributed by atoms with Gasteiger partial charge in [-0.15, -0.1) is 0 Å². The predicted molar refractivity (Wildman–Crippen MR) is 141 cm³/mol. The fraction of sp³-hybridized carbons (Fsp3) is 0.241. The average molecular weight is 503 g/mol. The third-order valence-corrected chi connectivity index (χ3v) is 6.46. The van der Waals surface area contributed by atoms with E-state index in [0.717, 1.165) is 11.3 Å². The van der Waals surface area contributed by atoms with Gasteiger partial charge in [0.05, 0.1) is 39.5 Å². The Labute approximate surface area is 216 Å². The summed E-state index contributed by atoms with van der Waals surface area (Å²) in [6.45, 7) is 0.106. The van der Waals surface area contributed by atoms with Crippen molar-refractivity contribution in [2.24, 2.45) is 0 Å². The summed E-state index contributed by atoms with van der Waals surface area (Å²) >= 11 is 0. The number of anilines is 1. The smallest absolute Gasteiger partial charge is 0.295 e. The fourth-order valence-corrected chi connectivity index (χ4v) is 4.58. The van der Waals surface area contributed by atoms with Gasteiger partial charge in [-0.1, -0.05) is 36.4 Å². The van der Waals surface area contributed by atoms with Gasteiger partial charge < -0.3 is 29.1 Å². The molecular formula is C29H30N2O6. The molecule has 8 nitrogen and oxygen atoms in total. The Bertz CT molecular complexity index is 1320. The summed E-state index contributed by atoms with van der Waals surface area (Å²) in [5.41, 5.74) is 2.53. The van der Waals surface area contributed by atoms with E-state index in [1.807, 2.05) is 61.5 Å². The van der Waals surface area contributed by atoms with Crippen molar-refractivity contribution in [1.82, 2.24) is 4.90 Å². The molecule has 0 bridgehead atoms. The molecular weight excluding hydrogens is 472 g/mol. The van der Waals surface area contributed by atoms with E-state index in [9.17, 15) is 14.7 Å². The van der Waals surface area contributed by atoms with Crippen molar-refractivity contribution in [2.75, 3.05) is 40.3 Å². The number of hydrogen-bond donors (Lipinski definition) is 1. The van der Waals surface area contributed by atoms with Gasteiger partial charge in [-0.3, -0.25) is 9.59 Å². The number of aliphatic hydroxyl groups excluding tert-OH is 1. The second kappa shape index (κ2) is 10.7. The lowest BCUT2D eigenvalue weighted by atomic mass is 9.94. The van der Waals surface area contributed by atoms with Crippen molar-refractivity contribution in [3.63, 3.8) is 0 Å². The number of rotatable bonds is 8. The Kier molecular flexibility index (Phi) is 7.38. The molecule has 3 aromatic rings. The van der Waals surface area contributed by atoms with Crippen LogP contribution in [0.4, 0.5) is 5.69 Å². The maximum atomic E-state index is 13.5. The minimum Gasteiger partial charge on any atom is -0.506 e. The van der Waals surface area contributed by atoms with E-state index >= 15 is 0 Å². The molecule has 0 radical (unpaired) electrons. The Morgan fingerprint density at radius 1 is 0.838 bits per heavy atom. The van der Waals surface area contributed by atoms with Crippen molar-refractivity contribution in [3.05, 3.63) is 89.0 Å². The van der Waals surface area contributed by atoms with Gasteiger partial charge in [0.2, 0.25) is 0 Å². The molecule has 37 heavy (non-hydrogen) atoms. The van der Waals surface area contributed by atoms with E-state index in [2.05, 4.69) is 0 Å². The third kappa shape index (κ3) is 4.70. The molecule has 0 spiro atoms. The molecule has 1 unspecified atom stereocenters. The van der Waals surface area contributed by atoms with E-state index in [4.69, 9.17) is 14.2 Å². The molecule has 1 heterocycles. The normalized spacial score (nSPS) is 16.6. The zero-order valence-electron chi connectivity index (χ0n) is 21.5. The Morgan fingerprint density at radius 3 is 1.97 bits per heavy atom. The van der Waals surface area contributed by atoms with E-state index in [-0.39, 0.29) is 23.4 Å². The maximum Gasteiger partial charge on any atom is 0.295 e. The molecule has 1 atom stereocenters. The van der Waals surface area contributed by atoms with Crippen LogP contribution < -0.4 is 19.1 Å². The number of aliphatic hydroxyl groups is 1. The molecule has 1 fully saturated rings. The zero-order valence-corrected chi connectivity index (χ0v) is 21.5. The Balaban J connectivity index is 1.94. The Morgan fingerprint density at radius 2 is 1.41 bits per heavy atom. The summed E-state index contributed by atoms with van der Waals surface area (Å²) in [7, 11) is 8.33. The number of para-hydroxylation sites is 1. The highest BCUT2D eigenvalue weighted by Crippen LogP contribution is 2.44. The minimum atomic E-state index is -0.851. The standard InChI is InChI=1S/C29H30N2O6/c1-30(2)20-15-13-18(14-16-20)26-25(27(32)24-22(36-4)11-8-12-23(24)37-5)28(33)29(34)31(26)17-19-9-6-7-10-21(19)35-3/h6-16,26,32H,17H2,1-5H3/b27-25+. The van der Waals surface area contributed by atoms with E-state index in [1.165, 1.54) is 19.1 Å². The van der Waals surface area contributed by atoms with Gasteiger partial charge in [0.15, 0.2) is 0 Å². The van der Waals surface area contributed by atoms with Gasteiger partial charge in [0.25, 0.3) is 11.7 Å². The molecule has 1 saturated heterocycles. The molecule has 0 saturated carbocycles. The van der Waals surface area contributed by atoms with Crippen LogP contribution in [0.2, 0.25) is 0 Å². The highest BCUT2D eigenvalue weighted by molar-refractivity contribution is 6.46. The van der Waals surface area contributed by atoms with E-state index < -0.39 is 17.7 Å². The largest absolute Gasteiger partial charge is 0.506 e. The molecule has 1 amide bonds. The zero-order chi connectivity index (χ0) is 26.7. The van der Waals surface area contributed by atoms with Crippen LogP contribution >= 0.6 is 0 Å². The maximum absolute atomic E-state index is 13.5. The predicted octanol–water partition coefficient (Wildman–Crippen LogP) is 4.40. The first-order valence-electron chi connectivity index (χ1n) is 11.7. The summed E-state index contributed by atoms with van der Waals surface area (Å²) in [6.07, 6.45) is 0. The lowest BCUT2D eigenvalue weighted by Gasteiger charge is -2.27. The van der Waals surface area contributed by atoms with Crippen LogP contribution in [0.1, 0.15) is 22.7 Å². The van der Waals surface area contributed by atoms with Crippen molar-refractivity contribution in [3.8, 4) is 17.2 Å². The van der Waals surface area contributed by atoms with Crippen LogP contribution in [0.3, 0.4) is 0 Å². The number of hydrogen-bond acceptors (Lipinski definition) is 7. The first-order valence-corrected chi connectivity index (χ1v) is 11.7. The number of nitrogens with zero attached hydrogens (tertiary/aromatic N) is 2. The van der Waals surface area contributed by atoms with Gasteiger partial charge in [0.1, 0.15) is 28.6 Å². The lowest BCUT2D eigenvalue weighted by molar-refractivity contribution is -0.140. The molecule has 192 valence electrons. The molecule has 1 N–H and O–H groups in total. The van der Waals surface area contributed by atoms with Crippen LogP contribution in [-0.4, -0.2) is 57.1 Å². The molecule has 8 heteroatoms. The molecule has 0 aliphatic carbocycles. The fourth-order valence-electron chi connectivity index (χ4n) is 4.58. The van der Waals surface area contributed by atoms with Gasteiger partial charge in [0, 0.05) is 25.3 Å². The highest BCUT2D eigenvalue weighted by atomic mass is 16.5. The number of Topliss-reactive ketones (excluding diaryl/α,β-unsaturated/α-hetero) is 1. The molecule has 0 aromatic heterocycles. The minimum absolute atomic E-state index is 0.0414. The van der Waals surface area contributed by atoms with Crippen LogP contribution in [-0.2, 0) is 16.1 Å². The first-order chi connectivity index (χ1) is 17.8. The number of likely N-dealkylation sites (tertiary alicyclic amines) is 1. The van der Waals surface area contributed by atoms with E-state index in [1.54, 1.807) is 31.4 Å². The lowest BCUT2D eigenvalue weighted by Crippen LogP contribution is -2.29. The second-order valence-electron chi connectivity index (χ2n) is 8.76. The summed E-state index contributed by atoms with van der Waals surface area (Å²) in [6, 6.07) is 19.0. The number of methoxy groups -OCH3 is 3. The topological polar surface area (TPSA) is 88.5 Å². The highest BCUT2D eigenvalue weighted by Gasteiger charge is 2.47. The third-order valence-electron chi connectivity index (χ3n) is 6.46. The second-order valence-corrected chi connectivity index (χ2v) is 8.76. The van der Waals surface area contributed by atoms with Crippen molar-refractivity contribution in [2.45, 2.75) is 12.6 Å². The van der Waals surface area contributed by atoms with Gasteiger partial charge in [-0.05, 0) is 35.9 Å². The number of ether oxygens (including phenoxy) is 3. The summed E-state index contributed by atoms with van der Waals surface area (Å²) in [5.74, 6) is -0.650. The van der Waals surface area contributed by atoms with Gasteiger partial charge in [-0.2, -0.15) is 0 Å². The van der Waals surface area contributed by atoms with Crippen LogP contribution in [0.25, 0.3) is 5.76 Å². The summed E-state index contributed by atoms with van der Waals surface area (Å²) < 4.78 is 16.4. The number of carbonyl (C=O) groups is 2. The summed E-state index contributed by atoms with van der Waals surface area (Å²) in [4.78, 5) is 30.4. The van der Waals surface area contributed by atoms with Crippen molar-refractivity contribution in [1.29, 1.82) is 0 Å². The van der Waals surface area contributed by atoms with Crippen molar-refractivity contribution >= 4 is 23.1 Å². The molecule has 1 aliphatic rings. The quantitative estimate of drug-likeness (QED) is 0.277. The number of benzene rings is 3. The number of carbonyl (C=O) groups excluding carboxylic acids is 2. The molecule has 4 rings (SSSR count). The molecule has 1 aliphatic heterocycles. The number of amides is 1. The number of ketones is 1. The van der Waals surface area contributed by atoms with Crippen LogP contribution in [0, 0.1) is 0 Å². The van der Waals surface area contributed by atoms with E-state index in [0.29, 0.717) is 22.8 Å². The van der Waals surface area contributed by atoms with Crippen molar-refractivity contribution < 1.29 is 28.9 Å². The van der Waals surface area contributed by atoms with Crippen LogP contribution in [0.5, 0.6) is 17.2 Å². The molecule has 3 aromatic carbocycles. The Hall–Kier alpha value is -4.46.